The number of aliphatic imine (C=N–C) groups is 1. The zero-order chi connectivity index (χ0) is 22.4. The monoisotopic (exact) mass is 444 g/mol. The molecular weight excluding hydrogens is 424 g/mol. The van der Waals surface area contributed by atoms with Crippen LogP contribution in [0, 0.1) is 6.92 Å². The molecule has 1 amide bonds. The number of hydrogen-bond donors (Lipinski definition) is 2. The highest BCUT2D eigenvalue weighted by atomic mass is 35.5. The second-order valence-corrected chi connectivity index (χ2v) is 8.52. The number of H-pyrrole nitrogens is 1. The third-order valence-corrected chi connectivity index (χ3v) is 6.04. The van der Waals surface area contributed by atoms with Crippen molar-refractivity contribution in [3.8, 4) is 0 Å². The Morgan fingerprint density at radius 3 is 2.59 bits per heavy atom. The number of nitrogens with one attached hydrogen (secondary N) is 2. The summed E-state index contributed by atoms with van der Waals surface area (Å²) >= 11 is 6.30. The number of imidazole rings is 1. The van der Waals surface area contributed by atoms with Gasteiger partial charge in [0, 0.05) is 29.6 Å². The molecule has 32 heavy (non-hydrogen) atoms. The predicted octanol–water partition coefficient (Wildman–Crippen LogP) is 4.23. The molecule has 0 saturated carbocycles. The van der Waals surface area contributed by atoms with Crippen LogP contribution in [0.1, 0.15) is 22.3 Å². The van der Waals surface area contributed by atoms with E-state index in [2.05, 4.69) is 10.3 Å². The molecule has 7 heteroatoms. The van der Waals surface area contributed by atoms with E-state index in [1.54, 1.807) is 23.7 Å². The second kappa shape index (κ2) is 7.80. The number of rotatable bonds is 3. The van der Waals surface area contributed by atoms with Crippen LogP contribution in [0.25, 0.3) is 11.0 Å². The third kappa shape index (κ3) is 3.63. The summed E-state index contributed by atoms with van der Waals surface area (Å²) in [4.78, 5) is 32.9. The van der Waals surface area contributed by atoms with E-state index in [-0.39, 0.29) is 11.6 Å². The van der Waals surface area contributed by atoms with Gasteiger partial charge in [0.2, 0.25) is 5.91 Å². The second-order valence-electron chi connectivity index (χ2n) is 8.08. The summed E-state index contributed by atoms with van der Waals surface area (Å²) in [5.74, 6) is -0.168. The third-order valence-electron chi connectivity index (χ3n) is 5.81. The average Bonchev–Trinajstić information content (AvgIpc) is 2.98. The molecule has 0 saturated heterocycles. The zero-order valence-corrected chi connectivity index (χ0v) is 18.4. The Balaban J connectivity index is 1.66. The number of anilines is 1. The van der Waals surface area contributed by atoms with E-state index in [0.29, 0.717) is 28.4 Å². The summed E-state index contributed by atoms with van der Waals surface area (Å²) in [7, 11) is 1.72. The lowest BCUT2D eigenvalue weighted by molar-refractivity contribution is -0.117. The molecule has 4 aromatic rings. The molecule has 0 radical (unpaired) electrons. The minimum atomic E-state index is -0.607. The Bertz CT molecular complexity index is 1450. The Labute approximate surface area is 189 Å². The van der Waals surface area contributed by atoms with Crippen molar-refractivity contribution in [1.82, 2.24) is 9.55 Å². The number of aromatic nitrogens is 2. The molecule has 3 aromatic carbocycles. The predicted molar refractivity (Wildman–Crippen MR) is 128 cm³/mol. The molecule has 1 aromatic heterocycles. The maximum Gasteiger partial charge on any atom is 0.326 e. The van der Waals surface area contributed by atoms with E-state index in [1.165, 1.54) is 0 Å². The Morgan fingerprint density at radius 2 is 1.81 bits per heavy atom. The Hall–Kier alpha value is -3.64. The first-order valence-corrected chi connectivity index (χ1v) is 10.7. The van der Waals surface area contributed by atoms with E-state index in [1.807, 2.05) is 55.5 Å². The number of amides is 1. The minimum Gasteiger partial charge on any atom is -0.324 e. The first-order chi connectivity index (χ1) is 15.4. The van der Waals surface area contributed by atoms with Gasteiger partial charge in [0.25, 0.3) is 0 Å². The molecule has 0 aliphatic carbocycles. The van der Waals surface area contributed by atoms with Gasteiger partial charge in [-0.05, 0) is 42.8 Å². The molecule has 0 bridgehead atoms. The lowest BCUT2D eigenvalue weighted by Gasteiger charge is -2.12. The van der Waals surface area contributed by atoms with Gasteiger partial charge in [0.1, 0.15) is 6.04 Å². The van der Waals surface area contributed by atoms with Crippen LogP contribution in [-0.4, -0.2) is 27.2 Å². The van der Waals surface area contributed by atoms with E-state index < -0.39 is 6.04 Å². The summed E-state index contributed by atoms with van der Waals surface area (Å²) in [5, 5.41) is 3.56. The molecule has 0 spiro atoms. The van der Waals surface area contributed by atoms with Crippen molar-refractivity contribution >= 4 is 39.9 Å². The van der Waals surface area contributed by atoms with E-state index >= 15 is 0 Å². The van der Waals surface area contributed by atoms with Crippen LogP contribution >= 0.6 is 11.6 Å². The first kappa shape index (κ1) is 20.3. The number of carbonyl (C=O) groups excluding carboxylic acids is 1. The van der Waals surface area contributed by atoms with Crippen molar-refractivity contribution in [2.45, 2.75) is 19.4 Å². The zero-order valence-electron chi connectivity index (χ0n) is 17.6. The number of halogens is 1. The highest BCUT2D eigenvalue weighted by molar-refractivity contribution is 6.32. The van der Waals surface area contributed by atoms with E-state index in [9.17, 15) is 9.59 Å². The fourth-order valence-corrected chi connectivity index (χ4v) is 4.19. The fourth-order valence-electron chi connectivity index (χ4n) is 4.02. The molecule has 160 valence electrons. The van der Waals surface area contributed by atoms with Crippen LogP contribution in [0.4, 0.5) is 5.69 Å². The number of nitrogens with zero attached hydrogens (tertiary/aromatic N) is 2. The summed E-state index contributed by atoms with van der Waals surface area (Å²) in [6, 6.07) is 18.5. The topological polar surface area (TPSA) is 79.2 Å². The summed E-state index contributed by atoms with van der Waals surface area (Å²) in [6.45, 7) is 2.03. The van der Waals surface area contributed by atoms with Crippen LogP contribution in [0.5, 0.6) is 0 Å². The van der Waals surface area contributed by atoms with Crippen LogP contribution in [0.2, 0.25) is 5.02 Å². The van der Waals surface area contributed by atoms with Gasteiger partial charge in [-0.3, -0.25) is 14.4 Å². The van der Waals surface area contributed by atoms with Crippen LogP contribution in [0.15, 0.2) is 70.5 Å². The van der Waals surface area contributed by atoms with Gasteiger partial charge in [0.05, 0.1) is 22.4 Å². The number of aryl methyl sites for hydroxylation is 2. The van der Waals surface area contributed by atoms with E-state index in [0.717, 1.165) is 27.8 Å². The van der Waals surface area contributed by atoms with Gasteiger partial charge < -0.3 is 10.3 Å². The molecule has 6 nitrogen and oxygen atoms in total. The van der Waals surface area contributed by atoms with Gasteiger partial charge >= 0.3 is 5.69 Å². The van der Waals surface area contributed by atoms with Crippen molar-refractivity contribution in [2.24, 2.45) is 12.0 Å². The quantitative estimate of drug-likeness (QED) is 0.496. The Kier molecular flexibility index (Phi) is 4.94. The molecule has 2 N–H and O–H groups in total. The SMILES string of the molecule is Cc1ccc(CC2N=C(c3ccc4c(c3)[nH]c(=O)n4C)c3cc(Cl)ccc3NC2=O)cc1. The van der Waals surface area contributed by atoms with Crippen LogP contribution in [0.3, 0.4) is 0 Å². The summed E-state index contributed by atoms with van der Waals surface area (Å²) < 4.78 is 1.56. The highest BCUT2D eigenvalue weighted by Gasteiger charge is 2.26. The lowest BCUT2D eigenvalue weighted by atomic mass is 9.99. The average molecular weight is 445 g/mol. The van der Waals surface area contributed by atoms with Gasteiger partial charge in [-0.1, -0.05) is 47.5 Å². The number of hydrogen-bond acceptors (Lipinski definition) is 3. The number of aromatic amines is 1. The molecule has 1 aliphatic heterocycles. The highest BCUT2D eigenvalue weighted by Crippen LogP contribution is 2.29. The lowest BCUT2D eigenvalue weighted by Crippen LogP contribution is -2.27. The van der Waals surface area contributed by atoms with Crippen LogP contribution < -0.4 is 11.0 Å². The van der Waals surface area contributed by atoms with Gasteiger partial charge in [0.15, 0.2) is 0 Å². The molecular formula is C25H21ClN4O2. The normalized spacial score (nSPS) is 15.8. The van der Waals surface area contributed by atoms with Gasteiger partial charge in [-0.15, -0.1) is 0 Å². The molecule has 2 heterocycles. The van der Waals surface area contributed by atoms with E-state index in [4.69, 9.17) is 16.6 Å². The van der Waals surface area contributed by atoms with Gasteiger partial charge in [-0.25, -0.2) is 4.79 Å². The standard InChI is InChI=1S/C25H21ClN4O2/c1-14-3-5-15(6-4-14)11-21-24(31)28-19-9-8-17(26)13-18(19)23(27-21)16-7-10-22-20(12-16)29-25(32)30(22)2/h3-10,12-13,21H,11H2,1-2H3,(H,28,31)(H,29,32). The van der Waals surface area contributed by atoms with Gasteiger partial charge in [-0.2, -0.15) is 0 Å². The maximum absolute atomic E-state index is 13.1. The molecule has 1 atom stereocenters. The number of benzene rings is 3. The van der Waals surface area contributed by atoms with Crippen molar-refractivity contribution in [1.29, 1.82) is 0 Å². The van der Waals surface area contributed by atoms with Crippen molar-refractivity contribution < 1.29 is 4.79 Å². The maximum atomic E-state index is 13.1. The first-order valence-electron chi connectivity index (χ1n) is 10.3. The number of benzodiazepines with no additional fused rings is 1. The Morgan fingerprint density at radius 1 is 1.03 bits per heavy atom. The summed E-state index contributed by atoms with van der Waals surface area (Å²) in [6.07, 6.45) is 0.474. The number of fused-ring (bicyclic) bond motifs is 2. The van der Waals surface area contributed by atoms with Crippen molar-refractivity contribution in [3.63, 3.8) is 0 Å². The number of carbonyl (C=O) groups is 1. The molecule has 1 unspecified atom stereocenters. The smallest absolute Gasteiger partial charge is 0.324 e. The minimum absolute atomic E-state index is 0.168. The largest absolute Gasteiger partial charge is 0.326 e. The fraction of sp³-hybridized carbons (Fsp3) is 0.160. The van der Waals surface area contributed by atoms with Crippen molar-refractivity contribution in [2.75, 3.05) is 5.32 Å². The molecule has 5 rings (SSSR count). The molecule has 0 fully saturated rings. The van der Waals surface area contributed by atoms with Crippen molar-refractivity contribution in [3.05, 3.63) is 98.4 Å². The molecule has 1 aliphatic rings. The van der Waals surface area contributed by atoms with Crippen LogP contribution in [-0.2, 0) is 18.3 Å². The summed E-state index contributed by atoms with van der Waals surface area (Å²) in [5.41, 5.74) is 6.38.